The Morgan fingerprint density at radius 2 is 1.43 bits per heavy atom. The summed E-state index contributed by atoms with van der Waals surface area (Å²) in [6, 6.07) is 8.14. The van der Waals surface area contributed by atoms with Gasteiger partial charge in [0.25, 0.3) is 0 Å². The predicted molar refractivity (Wildman–Crippen MR) is 283 cm³/mol. The maximum atomic E-state index is 14.8. The summed E-state index contributed by atoms with van der Waals surface area (Å²) in [7, 11) is 0. The van der Waals surface area contributed by atoms with Crippen LogP contribution in [-0.4, -0.2) is 126 Å². The molecule has 1 fully saturated rings. The molecule has 1 aliphatic rings. The van der Waals surface area contributed by atoms with Gasteiger partial charge in [-0.1, -0.05) is 30.3 Å². The molecule has 0 bridgehead atoms. The number of carbonyl (C=O) groups is 10. The third kappa shape index (κ3) is 20.7. The molecule has 0 radical (unpaired) electrons. The summed E-state index contributed by atoms with van der Waals surface area (Å²) in [6.45, 7) is 1.25. The molecule has 1 aromatic heterocycles. The monoisotopic (exact) mass is 1070 g/mol. The van der Waals surface area contributed by atoms with Gasteiger partial charge in [-0.25, -0.2) is 0 Å². The van der Waals surface area contributed by atoms with Gasteiger partial charge in [0, 0.05) is 74.8 Å². The minimum absolute atomic E-state index is 0.0126. The number of benzene rings is 2. The van der Waals surface area contributed by atoms with E-state index in [9.17, 15) is 53.2 Å². The molecule has 4 rings (SSSR count). The van der Waals surface area contributed by atoms with Gasteiger partial charge in [0.05, 0.1) is 24.1 Å². The highest BCUT2D eigenvalue weighted by molar-refractivity contribution is 5.99. The maximum Gasteiger partial charge on any atom is 0.243 e. The number of nitrogens with one attached hydrogen (secondary N) is 7. The number of hydrogen-bond donors (Lipinski definition) is 13. The Morgan fingerprint density at radius 1 is 0.766 bits per heavy atom. The van der Waals surface area contributed by atoms with E-state index in [2.05, 4.69) is 46.9 Å². The summed E-state index contributed by atoms with van der Waals surface area (Å²) in [5.74, 6) is -10.6. The van der Waals surface area contributed by atoms with E-state index in [4.69, 9.17) is 34.4 Å². The van der Waals surface area contributed by atoms with Crippen LogP contribution < -0.4 is 66.3 Å². The fourth-order valence-corrected chi connectivity index (χ4v) is 8.72. The standard InChI is InChI=1S/C51H70N16O10/c1-28(68)63-37(10-6-20-61-51(57)58)47(75)65-38-11-5-18-59-44(72)17-16-36(45(54)73)64-46(74)32(22-33-27-62-35-9-3-2-8-34(33)35)24-41(69)31(7-4-19-60-50(55)56)23-42(70)39(21-29-12-14-30(26-52)15-13-29)66-49(77)40(25-43(53)71)67-48(38)76/h2-3,8-9,12-15,27,31-32,36-40,62H,4-7,10-11,16-25H2,1H3,(H2,53,71)(H2,54,73)(H,59,72)(H,63,68)(H,64,74)(H,65,75)(H,66,77)(H,67,76)(H4,55,56,60)(H4,57,58,61)/t31-,32-,36+,37+,38+,39-,40+/m1/s1. The Hall–Kier alpha value is -8.89. The Morgan fingerprint density at radius 3 is 2.08 bits per heavy atom. The number of aromatic amines is 1. The summed E-state index contributed by atoms with van der Waals surface area (Å²) >= 11 is 0. The average molecular weight is 1070 g/mol. The number of H-pyrrole nitrogens is 1. The van der Waals surface area contributed by atoms with Gasteiger partial charge in [-0.2, -0.15) is 5.26 Å². The lowest BCUT2D eigenvalue weighted by Crippen LogP contribution is -2.58. The zero-order valence-electron chi connectivity index (χ0n) is 42.9. The number of para-hydroxylation sites is 1. The molecule has 0 unspecified atom stereocenters. The Balaban J connectivity index is 1.80. The predicted octanol–water partition coefficient (Wildman–Crippen LogP) is -2.42. The fraction of sp³-hybridized carbons (Fsp3) is 0.471. The SMILES string of the molecule is CC(=O)N[C@@H](CCCN=C(N)N)C(=O)N[C@H]1CCCNC(=O)CC[C@@H](C(N)=O)NC(=O)[C@H](Cc2c[nH]c3ccccc23)CC(=O)[C@H](CCCN=C(N)N)CC(=O)[C@@H](Cc2ccc(C#N)cc2)NC(=O)[C@H](CC(N)=O)NC1=O. The van der Waals surface area contributed by atoms with Crippen LogP contribution in [0.1, 0.15) is 94.2 Å². The number of carbonyl (C=O) groups excluding carboxylic acids is 10. The van der Waals surface area contributed by atoms with Gasteiger partial charge < -0.3 is 71.3 Å². The quantitative estimate of drug-likeness (QED) is 0.0358. The number of ketones is 2. The first kappa shape index (κ1) is 60.7. The molecule has 0 saturated carbocycles. The van der Waals surface area contributed by atoms with Gasteiger partial charge in [0.2, 0.25) is 47.3 Å². The topological polar surface area (TPSA) is 463 Å². The molecule has 26 heteroatoms. The highest BCUT2D eigenvalue weighted by Gasteiger charge is 2.35. The van der Waals surface area contributed by atoms with Gasteiger partial charge >= 0.3 is 0 Å². The average Bonchev–Trinajstić information content (AvgIpc) is 3.79. The van der Waals surface area contributed by atoms with E-state index >= 15 is 0 Å². The number of primary amides is 2. The summed E-state index contributed by atoms with van der Waals surface area (Å²) in [5.41, 5.74) is 35.5. The summed E-state index contributed by atoms with van der Waals surface area (Å²) in [5, 5.41) is 25.7. The molecule has 0 spiro atoms. The van der Waals surface area contributed by atoms with Crippen LogP contribution in [-0.2, 0) is 60.8 Å². The number of guanidine groups is 2. The number of amides is 8. The summed E-state index contributed by atoms with van der Waals surface area (Å²) < 4.78 is 0. The molecule has 3 aromatic rings. The lowest BCUT2D eigenvalue weighted by Gasteiger charge is -2.27. The zero-order chi connectivity index (χ0) is 56.6. The van der Waals surface area contributed by atoms with Gasteiger partial charge in [-0.05, 0) is 87.1 Å². The van der Waals surface area contributed by atoms with E-state index in [-0.39, 0.29) is 95.8 Å². The molecule has 8 amide bonds. The van der Waals surface area contributed by atoms with Crippen molar-refractivity contribution in [3.8, 4) is 6.07 Å². The number of rotatable bonds is 18. The third-order valence-electron chi connectivity index (χ3n) is 12.7. The van der Waals surface area contributed by atoms with Crippen LogP contribution in [0.15, 0.2) is 64.7 Å². The molecule has 19 N–H and O–H groups in total. The van der Waals surface area contributed by atoms with Crippen molar-refractivity contribution >= 4 is 81.6 Å². The minimum Gasteiger partial charge on any atom is -0.370 e. The summed E-state index contributed by atoms with van der Waals surface area (Å²) in [6.07, 6.45) is -0.560. The second-order valence-corrected chi connectivity index (χ2v) is 18.8. The van der Waals surface area contributed by atoms with Crippen LogP contribution in [0, 0.1) is 23.2 Å². The van der Waals surface area contributed by atoms with E-state index in [1.54, 1.807) is 24.4 Å². The molecule has 77 heavy (non-hydrogen) atoms. The number of nitrogens with two attached hydrogens (primary N) is 6. The van der Waals surface area contributed by atoms with Gasteiger partial charge in [0.15, 0.2) is 17.7 Å². The molecule has 1 aliphatic heterocycles. The van der Waals surface area contributed by atoms with Crippen LogP contribution in [0.25, 0.3) is 10.9 Å². The van der Waals surface area contributed by atoms with Crippen LogP contribution in [0.4, 0.5) is 0 Å². The molecule has 414 valence electrons. The molecule has 2 aromatic carbocycles. The normalized spacial score (nSPS) is 20.9. The second-order valence-electron chi connectivity index (χ2n) is 18.8. The Labute approximate surface area is 444 Å². The maximum absolute atomic E-state index is 14.8. The van der Waals surface area contributed by atoms with E-state index < -0.39 is 120 Å². The number of Topliss-reactive ketones (excluding diaryl/α,β-unsaturated/α-hetero) is 2. The minimum atomic E-state index is -1.75. The third-order valence-corrected chi connectivity index (χ3v) is 12.7. The van der Waals surface area contributed by atoms with Crippen molar-refractivity contribution < 1.29 is 47.9 Å². The van der Waals surface area contributed by atoms with E-state index in [1.807, 2.05) is 24.3 Å². The van der Waals surface area contributed by atoms with Crippen molar-refractivity contribution in [2.75, 3.05) is 19.6 Å². The first-order valence-electron chi connectivity index (χ1n) is 25.2. The van der Waals surface area contributed by atoms with Crippen molar-refractivity contribution in [1.82, 2.24) is 36.9 Å². The molecular weight excluding hydrogens is 997 g/mol. The lowest BCUT2D eigenvalue weighted by molar-refractivity contribution is -0.136. The molecule has 7 atom stereocenters. The van der Waals surface area contributed by atoms with Crippen molar-refractivity contribution in [2.45, 2.75) is 121 Å². The van der Waals surface area contributed by atoms with Crippen LogP contribution >= 0.6 is 0 Å². The molecular formula is C51H70N16O10. The van der Waals surface area contributed by atoms with Crippen molar-refractivity contribution in [1.29, 1.82) is 5.26 Å². The number of aromatic nitrogens is 1. The van der Waals surface area contributed by atoms with E-state index in [0.717, 1.165) is 10.9 Å². The second kappa shape index (κ2) is 30.5. The fourth-order valence-electron chi connectivity index (χ4n) is 8.72. The van der Waals surface area contributed by atoms with Gasteiger partial charge in [0.1, 0.15) is 30.0 Å². The molecule has 2 heterocycles. The summed E-state index contributed by atoms with van der Waals surface area (Å²) in [4.78, 5) is 148. The highest BCUT2D eigenvalue weighted by Crippen LogP contribution is 2.26. The van der Waals surface area contributed by atoms with E-state index in [0.29, 0.717) is 16.7 Å². The molecule has 26 nitrogen and oxygen atoms in total. The number of fused-ring (bicyclic) bond motifs is 1. The van der Waals surface area contributed by atoms with Crippen molar-refractivity contribution in [3.05, 3.63) is 71.4 Å². The van der Waals surface area contributed by atoms with Gasteiger partial charge in [-0.3, -0.25) is 57.9 Å². The lowest BCUT2D eigenvalue weighted by atomic mass is 9.83. The zero-order valence-corrected chi connectivity index (χ0v) is 42.9. The van der Waals surface area contributed by atoms with Crippen LogP contribution in [0.2, 0.25) is 0 Å². The molecule has 0 aliphatic carbocycles. The smallest absolute Gasteiger partial charge is 0.243 e. The first-order valence-corrected chi connectivity index (χ1v) is 25.2. The van der Waals surface area contributed by atoms with Crippen LogP contribution in [0.5, 0.6) is 0 Å². The first-order chi connectivity index (χ1) is 36.6. The largest absolute Gasteiger partial charge is 0.370 e. The highest BCUT2D eigenvalue weighted by atomic mass is 16.2. The Bertz CT molecular complexity index is 2710. The molecule has 1 saturated heterocycles. The van der Waals surface area contributed by atoms with Crippen molar-refractivity contribution in [3.63, 3.8) is 0 Å². The number of nitriles is 1. The number of aliphatic imine (C=N–C) groups is 2. The van der Waals surface area contributed by atoms with Gasteiger partial charge in [-0.15, -0.1) is 0 Å². The van der Waals surface area contributed by atoms with Crippen LogP contribution in [0.3, 0.4) is 0 Å². The number of nitrogens with zero attached hydrogens (tertiary/aromatic N) is 3. The number of hydrogen-bond acceptors (Lipinski definition) is 13. The Kier molecular flexibility index (Phi) is 24.0. The van der Waals surface area contributed by atoms with E-state index in [1.165, 1.54) is 19.1 Å². The van der Waals surface area contributed by atoms with Crippen molar-refractivity contribution in [2.24, 2.45) is 56.2 Å².